The Balaban J connectivity index is 2.02. The second-order valence-electron chi connectivity index (χ2n) is 3.89. The van der Waals surface area contributed by atoms with Crippen LogP contribution < -0.4 is 5.32 Å². The van der Waals surface area contributed by atoms with E-state index in [4.69, 9.17) is 0 Å². The van der Waals surface area contributed by atoms with Crippen LogP contribution in [0, 0.1) is 6.92 Å². The number of aromatic nitrogens is 1. The van der Waals surface area contributed by atoms with Gasteiger partial charge in [-0.3, -0.25) is 0 Å². The van der Waals surface area contributed by atoms with E-state index in [2.05, 4.69) is 58.3 Å². The molecule has 0 saturated carbocycles. The fourth-order valence-corrected chi connectivity index (χ4v) is 2.95. The quantitative estimate of drug-likeness (QED) is 0.906. The van der Waals surface area contributed by atoms with Gasteiger partial charge in [0.15, 0.2) is 0 Å². The minimum absolute atomic E-state index is 0.847. The lowest BCUT2D eigenvalue weighted by atomic mass is 10.3. The Kier molecular flexibility index (Phi) is 4.18. The highest BCUT2D eigenvalue weighted by atomic mass is 79.9. The Hall–Kier alpha value is -0.870. The van der Waals surface area contributed by atoms with Gasteiger partial charge in [0, 0.05) is 20.4 Å². The minimum Gasteiger partial charge on any atom is -0.365 e. The lowest BCUT2D eigenvalue weighted by molar-refractivity contribution is 1.12. The van der Waals surface area contributed by atoms with Crippen molar-refractivity contribution in [2.75, 3.05) is 5.32 Å². The van der Waals surface area contributed by atoms with E-state index in [1.54, 1.807) is 0 Å². The molecule has 1 N–H and O–H groups in total. The first-order chi connectivity index (χ1) is 8.19. The summed E-state index contributed by atoms with van der Waals surface area (Å²) in [4.78, 5) is 7.15. The Morgan fingerprint density at radius 2 is 2.12 bits per heavy atom. The summed E-state index contributed by atoms with van der Waals surface area (Å²) in [5.41, 5.74) is 1.16. The zero-order valence-electron chi connectivity index (χ0n) is 9.96. The first kappa shape index (κ1) is 12.6. The Morgan fingerprint density at radius 1 is 1.35 bits per heavy atom. The molecule has 4 heteroatoms. The van der Waals surface area contributed by atoms with E-state index >= 15 is 0 Å². The molecule has 2 rings (SSSR count). The van der Waals surface area contributed by atoms with E-state index in [0.29, 0.717) is 0 Å². The summed E-state index contributed by atoms with van der Waals surface area (Å²) in [6, 6.07) is 6.45. The number of hydrogen-bond acceptors (Lipinski definition) is 3. The summed E-state index contributed by atoms with van der Waals surface area (Å²) in [6.45, 7) is 5.09. The lowest BCUT2D eigenvalue weighted by Crippen LogP contribution is -2.01. The number of thiophene rings is 1. The third kappa shape index (κ3) is 3.30. The van der Waals surface area contributed by atoms with Crippen molar-refractivity contribution in [2.45, 2.75) is 26.8 Å². The third-order valence-electron chi connectivity index (χ3n) is 2.54. The minimum atomic E-state index is 0.847. The van der Waals surface area contributed by atoms with Gasteiger partial charge >= 0.3 is 0 Å². The summed E-state index contributed by atoms with van der Waals surface area (Å²) >= 11 is 5.28. The SMILES string of the molecule is CCc1ccc(CNc2ncc(Br)cc2C)s1. The number of hydrogen-bond donors (Lipinski definition) is 1. The topological polar surface area (TPSA) is 24.9 Å². The third-order valence-corrected chi connectivity index (χ3v) is 4.20. The van der Waals surface area contributed by atoms with Crippen LogP contribution in [0.2, 0.25) is 0 Å². The average Bonchev–Trinajstić information content (AvgIpc) is 2.76. The van der Waals surface area contributed by atoms with Gasteiger partial charge in [-0.25, -0.2) is 4.98 Å². The lowest BCUT2D eigenvalue weighted by Gasteiger charge is -2.07. The summed E-state index contributed by atoms with van der Waals surface area (Å²) < 4.78 is 1.02. The molecule has 17 heavy (non-hydrogen) atoms. The second-order valence-corrected chi connectivity index (χ2v) is 6.06. The predicted molar refractivity (Wildman–Crippen MR) is 77.7 cm³/mol. The van der Waals surface area contributed by atoms with Crippen molar-refractivity contribution in [1.82, 2.24) is 4.98 Å². The van der Waals surface area contributed by atoms with Gasteiger partial charge in [0.1, 0.15) is 5.82 Å². The van der Waals surface area contributed by atoms with E-state index < -0.39 is 0 Å². The zero-order chi connectivity index (χ0) is 12.3. The van der Waals surface area contributed by atoms with E-state index in [-0.39, 0.29) is 0 Å². The molecule has 0 aliphatic carbocycles. The van der Waals surface area contributed by atoms with Gasteiger partial charge in [-0.05, 0) is 53.0 Å². The molecule has 0 amide bonds. The van der Waals surface area contributed by atoms with Crippen LogP contribution in [-0.4, -0.2) is 4.98 Å². The van der Waals surface area contributed by atoms with E-state index in [0.717, 1.165) is 28.8 Å². The molecule has 0 saturated heterocycles. The van der Waals surface area contributed by atoms with Crippen LogP contribution in [0.15, 0.2) is 28.9 Å². The van der Waals surface area contributed by atoms with Crippen LogP contribution in [0.25, 0.3) is 0 Å². The number of nitrogens with one attached hydrogen (secondary N) is 1. The first-order valence-electron chi connectivity index (χ1n) is 5.62. The van der Waals surface area contributed by atoms with Crippen molar-refractivity contribution in [2.24, 2.45) is 0 Å². The van der Waals surface area contributed by atoms with Crippen molar-refractivity contribution >= 4 is 33.1 Å². The van der Waals surface area contributed by atoms with Crippen molar-refractivity contribution in [1.29, 1.82) is 0 Å². The summed E-state index contributed by atoms with van der Waals surface area (Å²) in [5, 5.41) is 3.37. The number of pyridine rings is 1. The molecular formula is C13H15BrN2S. The molecule has 0 radical (unpaired) electrons. The Labute approximate surface area is 114 Å². The summed E-state index contributed by atoms with van der Waals surface area (Å²) in [7, 11) is 0. The van der Waals surface area contributed by atoms with Crippen LogP contribution >= 0.6 is 27.3 Å². The van der Waals surface area contributed by atoms with Crippen molar-refractivity contribution in [3.63, 3.8) is 0 Å². The number of anilines is 1. The molecule has 90 valence electrons. The first-order valence-corrected chi connectivity index (χ1v) is 7.23. The van der Waals surface area contributed by atoms with Gasteiger partial charge in [-0.2, -0.15) is 0 Å². The molecule has 2 nitrogen and oxygen atoms in total. The number of rotatable bonds is 4. The molecule has 0 unspecified atom stereocenters. The molecule has 2 aromatic heterocycles. The van der Waals surface area contributed by atoms with Crippen LogP contribution in [0.4, 0.5) is 5.82 Å². The fraction of sp³-hybridized carbons (Fsp3) is 0.308. The van der Waals surface area contributed by atoms with Gasteiger partial charge in [0.2, 0.25) is 0 Å². The molecule has 0 spiro atoms. The molecule has 2 heterocycles. The number of aryl methyl sites for hydroxylation is 2. The molecule has 0 aliphatic rings. The summed E-state index contributed by atoms with van der Waals surface area (Å²) in [6.07, 6.45) is 2.93. The highest BCUT2D eigenvalue weighted by molar-refractivity contribution is 9.10. The number of nitrogens with zero attached hydrogens (tertiary/aromatic N) is 1. The predicted octanol–water partition coefficient (Wildman–Crippen LogP) is 4.39. The monoisotopic (exact) mass is 310 g/mol. The van der Waals surface area contributed by atoms with Gasteiger partial charge in [-0.1, -0.05) is 6.92 Å². The normalized spacial score (nSPS) is 10.5. The largest absolute Gasteiger partial charge is 0.365 e. The van der Waals surface area contributed by atoms with Crippen molar-refractivity contribution < 1.29 is 0 Å². The average molecular weight is 311 g/mol. The zero-order valence-corrected chi connectivity index (χ0v) is 12.4. The number of halogens is 1. The Morgan fingerprint density at radius 3 is 2.76 bits per heavy atom. The summed E-state index contributed by atoms with van der Waals surface area (Å²) in [5.74, 6) is 0.958. The van der Waals surface area contributed by atoms with Crippen LogP contribution in [0.5, 0.6) is 0 Å². The Bertz CT molecular complexity index is 508. The maximum Gasteiger partial charge on any atom is 0.129 e. The highest BCUT2D eigenvalue weighted by Crippen LogP contribution is 2.20. The van der Waals surface area contributed by atoms with Crippen molar-refractivity contribution in [3.8, 4) is 0 Å². The van der Waals surface area contributed by atoms with Gasteiger partial charge in [0.05, 0.1) is 6.54 Å². The second kappa shape index (κ2) is 5.65. The van der Waals surface area contributed by atoms with Gasteiger partial charge < -0.3 is 5.32 Å². The maximum atomic E-state index is 4.37. The standard InChI is InChI=1S/C13H15BrN2S/c1-3-11-4-5-12(17-11)8-16-13-9(2)6-10(14)7-15-13/h4-7H,3,8H2,1-2H3,(H,15,16). The van der Waals surface area contributed by atoms with E-state index in [1.807, 2.05) is 17.5 Å². The fourth-order valence-electron chi connectivity index (χ4n) is 1.60. The molecule has 2 aromatic rings. The maximum absolute atomic E-state index is 4.37. The van der Waals surface area contributed by atoms with Crippen LogP contribution in [0.1, 0.15) is 22.2 Å². The molecule has 0 fully saturated rings. The van der Waals surface area contributed by atoms with Crippen LogP contribution in [-0.2, 0) is 13.0 Å². The molecular weight excluding hydrogens is 296 g/mol. The van der Waals surface area contributed by atoms with Gasteiger partial charge in [0.25, 0.3) is 0 Å². The van der Waals surface area contributed by atoms with Gasteiger partial charge in [-0.15, -0.1) is 11.3 Å². The molecule has 0 aromatic carbocycles. The van der Waals surface area contributed by atoms with E-state index in [1.165, 1.54) is 9.75 Å². The smallest absolute Gasteiger partial charge is 0.129 e. The van der Waals surface area contributed by atoms with E-state index in [9.17, 15) is 0 Å². The molecule has 0 bridgehead atoms. The highest BCUT2D eigenvalue weighted by Gasteiger charge is 2.02. The van der Waals surface area contributed by atoms with Crippen molar-refractivity contribution in [3.05, 3.63) is 44.2 Å². The molecule has 0 atom stereocenters. The van der Waals surface area contributed by atoms with Crippen LogP contribution in [0.3, 0.4) is 0 Å². The molecule has 0 aliphatic heterocycles.